The number of fused-ring (bicyclic) bond motifs is 2. The highest BCUT2D eigenvalue weighted by molar-refractivity contribution is 5.30. The third-order valence-corrected chi connectivity index (χ3v) is 7.11. The van der Waals surface area contributed by atoms with Gasteiger partial charge in [0.05, 0.1) is 12.2 Å². The molecule has 4 heteroatoms. The molecular weight excluding hydrogens is 348 g/mol. The number of benzene rings is 2. The predicted molar refractivity (Wildman–Crippen MR) is 110 cm³/mol. The maximum atomic E-state index is 10.8. The predicted octanol–water partition coefficient (Wildman–Crippen LogP) is 2.36. The number of hydrogen-bond donors (Lipinski definition) is 2. The molecule has 4 atom stereocenters. The molecule has 2 aromatic carbocycles. The lowest BCUT2D eigenvalue weighted by Gasteiger charge is -2.48. The van der Waals surface area contributed by atoms with Crippen LogP contribution in [0.25, 0.3) is 0 Å². The first-order valence-electron chi connectivity index (χ1n) is 10.7. The van der Waals surface area contributed by atoms with Gasteiger partial charge >= 0.3 is 0 Å². The Morgan fingerprint density at radius 2 is 1.04 bits per heavy atom. The van der Waals surface area contributed by atoms with E-state index in [-0.39, 0.29) is 12.1 Å². The highest BCUT2D eigenvalue weighted by atomic mass is 16.3. The fourth-order valence-corrected chi connectivity index (χ4v) is 5.51. The van der Waals surface area contributed by atoms with Crippen molar-refractivity contribution >= 4 is 0 Å². The maximum Gasteiger partial charge on any atom is 0.0721 e. The molecule has 0 aromatic heterocycles. The van der Waals surface area contributed by atoms with Gasteiger partial charge in [-0.25, -0.2) is 0 Å². The van der Waals surface area contributed by atoms with Crippen LogP contribution in [0.1, 0.15) is 35.1 Å². The molecule has 0 spiro atoms. The van der Waals surface area contributed by atoms with Crippen LogP contribution in [-0.2, 0) is 25.9 Å². The highest BCUT2D eigenvalue weighted by Crippen LogP contribution is 2.33. The van der Waals surface area contributed by atoms with E-state index in [0.29, 0.717) is 6.42 Å². The van der Waals surface area contributed by atoms with Gasteiger partial charge in [-0.1, -0.05) is 48.5 Å². The number of aliphatic hydroxyl groups excluding tert-OH is 2. The van der Waals surface area contributed by atoms with Crippen LogP contribution < -0.4 is 0 Å². The Kier molecular flexibility index (Phi) is 4.97. The van der Waals surface area contributed by atoms with Crippen LogP contribution in [0, 0.1) is 0 Å². The summed E-state index contributed by atoms with van der Waals surface area (Å²) in [5.74, 6) is 0. The van der Waals surface area contributed by atoms with Crippen molar-refractivity contribution in [3.63, 3.8) is 0 Å². The van der Waals surface area contributed by atoms with Crippen molar-refractivity contribution in [1.29, 1.82) is 0 Å². The molecular formula is C24H30N2O2. The second-order valence-corrected chi connectivity index (χ2v) is 8.72. The van der Waals surface area contributed by atoms with Gasteiger partial charge in [-0.3, -0.25) is 9.80 Å². The lowest BCUT2D eigenvalue weighted by molar-refractivity contribution is -0.0780. The molecule has 3 aliphatic rings. The van der Waals surface area contributed by atoms with Crippen molar-refractivity contribution in [3.8, 4) is 0 Å². The van der Waals surface area contributed by atoms with Crippen molar-refractivity contribution in [1.82, 2.24) is 9.80 Å². The number of nitrogens with zero attached hydrogens (tertiary/aromatic N) is 2. The summed E-state index contributed by atoms with van der Waals surface area (Å²) >= 11 is 0. The zero-order chi connectivity index (χ0) is 19.1. The highest BCUT2D eigenvalue weighted by Gasteiger charge is 2.41. The summed E-state index contributed by atoms with van der Waals surface area (Å²) in [5.41, 5.74) is 5.65. The standard InChI is InChI=1S/C24H30N2O2/c27-23-14-24(28)22(26-12-10-18-6-2-4-8-20(18)16-26)13-21(23)25-11-9-17-5-1-3-7-19(17)15-25/h1-8,21-24,27-28H,9-16H2/t21-,22-,23-,24-/m0/s1. The Labute approximate surface area is 167 Å². The zero-order valence-electron chi connectivity index (χ0n) is 16.4. The van der Waals surface area contributed by atoms with E-state index in [1.165, 1.54) is 22.3 Å². The molecule has 0 bridgehead atoms. The van der Waals surface area contributed by atoms with Gasteiger partial charge in [0.2, 0.25) is 0 Å². The van der Waals surface area contributed by atoms with Crippen molar-refractivity contribution in [3.05, 3.63) is 70.8 Å². The summed E-state index contributed by atoms with van der Waals surface area (Å²) in [7, 11) is 0. The van der Waals surface area contributed by atoms with Gasteiger partial charge < -0.3 is 10.2 Å². The Bertz CT molecular complexity index is 771. The van der Waals surface area contributed by atoms with Gasteiger partial charge in [-0.2, -0.15) is 0 Å². The SMILES string of the molecule is O[C@H]1C[C@H](O)[C@@H](N2CCc3ccccc3C2)C[C@@H]1N1CCc2ccccc2C1. The summed E-state index contributed by atoms with van der Waals surface area (Å²) in [6, 6.07) is 17.6. The fourth-order valence-electron chi connectivity index (χ4n) is 5.51. The van der Waals surface area contributed by atoms with E-state index >= 15 is 0 Å². The van der Waals surface area contributed by atoms with Crippen LogP contribution in [-0.4, -0.2) is 57.4 Å². The lowest BCUT2D eigenvalue weighted by atomic mass is 9.82. The van der Waals surface area contributed by atoms with Crippen LogP contribution in [0.4, 0.5) is 0 Å². The third kappa shape index (κ3) is 3.39. The molecule has 0 amide bonds. The minimum absolute atomic E-state index is 0.124. The molecule has 2 aromatic rings. The van der Waals surface area contributed by atoms with Crippen LogP contribution in [0.2, 0.25) is 0 Å². The average Bonchev–Trinajstić information content (AvgIpc) is 2.73. The van der Waals surface area contributed by atoms with Gasteiger partial charge in [-0.05, 0) is 41.5 Å². The van der Waals surface area contributed by atoms with Gasteiger partial charge in [0, 0.05) is 44.7 Å². The largest absolute Gasteiger partial charge is 0.391 e. The molecule has 2 N–H and O–H groups in total. The second-order valence-electron chi connectivity index (χ2n) is 8.72. The summed E-state index contributed by atoms with van der Waals surface area (Å²) in [6.07, 6.45) is 2.51. The molecule has 1 aliphatic carbocycles. The molecule has 0 saturated heterocycles. The van der Waals surface area contributed by atoms with Gasteiger partial charge in [0.25, 0.3) is 0 Å². The summed E-state index contributed by atoms with van der Waals surface area (Å²) in [4.78, 5) is 4.90. The first-order valence-corrected chi connectivity index (χ1v) is 10.7. The topological polar surface area (TPSA) is 46.9 Å². The van der Waals surface area contributed by atoms with Crippen LogP contribution in [0.5, 0.6) is 0 Å². The molecule has 0 unspecified atom stereocenters. The van der Waals surface area contributed by atoms with Crippen LogP contribution >= 0.6 is 0 Å². The Morgan fingerprint density at radius 3 is 1.50 bits per heavy atom. The number of hydrogen-bond acceptors (Lipinski definition) is 4. The Hall–Kier alpha value is -1.72. The average molecular weight is 379 g/mol. The van der Waals surface area contributed by atoms with Gasteiger partial charge in [-0.15, -0.1) is 0 Å². The summed E-state index contributed by atoms with van der Waals surface area (Å²) < 4.78 is 0. The minimum Gasteiger partial charge on any atom is -0.391 e. The Balaban J connectivity index is 1.33. The lowest BCUT2D eigenvalue weighted by Crippen LogP contribution is -2.58. The van der Waals surface area contributed by atoms with Crippen molar-refractivity contribution in [2.75, 3.05) is 13.1 Å². The van der Waals surface area contributed by atoms with Crippen LogP contribution in [0.3, 0.4) is 0 Å². The monoisotopic (exact) mass is 378 g/mol. The molecule has 2 heterocycles. The zero-order valence-corrected chi connectivity index (χ0v) is 16.4. The van der Waals surface area contributed by atoms with E-state index in [1.807, 2.05) is 0 Å². The summed E-state index contributed by atoms with van der Waals surface area (Å²) in [5, 5.41) is 21.6. The molecule has 1 fully saturated rings. The molecule has 1 saturated carbocycles. The third-order valence-electron chi connectivity index (χ3n) is 7.11. The van der Waals surface area contributed by atoms with E-state index in [1.54, 1.807) is 0 Å². The van der Waals surface area contributed by atoms with E-state index in [0.717, 1.165) is 45.4 Å². The van der Waals surface area contributed by atoms with E-state index < -0.39 is 12.2 Å². The molecule has 148 valence electrons. The van der Waals surface area contributed by atoms with E-state index in [2.05, 4.69) is 58.3 Å². The van der Waals surface area contributed by atoms with E-state index in [9.17, 15) is 10.2 Å². The maximum absolute atomic E-state index is 10.8. The molecule has 0 radical (unpaired) electrons. The molecule has 5 rings (SSSR count). The molecule has 28 heavy (non-hydrogen) atoms. The second kappa shape index (κ2) is 7.60. The van der Waals surface area contributed by atoms with Crippen molar-refractivity contribution in [2.24, 2.45) is 0 Å². The smallest absolute Gasteiger partial charge is 0.0721 e. The van der Waals surface area contributed by atoms with Gasteiger partial charge in [0.15, 0.2) is 0 Å². The van der Waals surface area contributed by atoms with Crippen molar-refractivity contribution in [2.45, 2.75) is 63.1 Å². The van der Waals surface area contributed by atoms with E-state index in [4.69, 9.17) is 0 Å². The minimum atomic E-state index is -0.450. The number of aliphatic hydroxyl groups is 2. The fraction of sp³-hybridized carbons (Fsp3) is 0.500. The first-order chi connectivity index (χ1) is 13.7. The van der Waals surface area contributed by atoms with Crippen molar-refractivity contribution < 1.29 is 10.2 Å². The first kappa shape index (κ1) is 18.3. The molecule has 2 aliphatic heterocycles. The van der Waals surface area contributed by atoms with Gasteiger partial charge in [0.1, 0.15) is 0 Å². The quantitative estimate of drug-likeness (QED) is 0.842. The normalized spacial score (nSPS) is 31.2. The Morgan fingerprint density at radius 1 is 0.607 bits per heavy atom. The number of rotatable bonds is 2. The van der Waals surface area contributed by atoms with Crippen LogP contribution in [0.15, 0.2) is 48.5 Å². The molecule has 4 nitrogen and oxygen atoms in total. The summed E-state index contributed by atoms with van der Waals surface area (Å²) in [6.45, 7) is 3.79.